The van der Waals surface area contributed by atoms with Crippen molar-refractivity contribution in [3.63, 3.8) is 0 Å². The van der Waals surface area contributed by atoms with Gasteiger partial charge in [0.05, 0.1) is 16.2 Å². The van der Waals surface area contributed by atoms with E-state index in [1.165, 1.54) is 12.4 Å². The van der Waals surface area contributed by atoms with Gasteiger partial charge in [-0.2, -0.15) is 0 Å². The number of benzene rings is 2. The first-order valence-corrected chi connectivity index (χ1v) is 10.8. The molecule has 0 unspecified atom stereocenters. The number of hydrogen-bond acceptors (Lipinski definition) is 6. The molecule has 0 radical (unpaired) electrons. The summed E-state index contributed by atoms with van der Waals surface area (Å²) in [6, 6.07) is 10.6. The summed E-state index contributed by atoms with van der Waals surface area (Å²) in [5.41, 5.74) is 1.44. The standard InChI is InChI=1S/C23H25ClFN5O2/c1-23(2,3)32-22(31)30-11-9-29(10-12-30)15-7-8-18-16(13-15)21(27-14-26-18)28-19-6-4-5-17(24)20(19)25/h4-8,13-14H,9-12H2,1-3H3,(H,26,27,28). The zero-order chi connectivity index (χ0) is 22.9. The van der Waals surface area contributed by atoms with E-state index in [-0.39, 0.29) is 16.8 Å². The van der Waals surface area contributed by atoms with E-state index in [1.54, 1.807) is 17.0 Å². The van der Waals surface area contributed by atoms with E-state index < -0.39 is 11.4 Å². The number of anilines is 3. The van der Waals surface area contributed by atoms with Gasteiger partial charge < -0.3 is 19.9 Å². The molecule has 9 heteroatoms. The molecule has 1 aliphatic heterocycles. The molecular formula is C23H25ClFN5O2. The number of nitrogens with zero attached hydrogens (tertiary/aromatic N) is 4. The predicted octanol–water partition coefficient (Wildman–Crippen LogP) is 5.22. The Kier molecular flexibility index (Phi) is 6.06. The van der Waals surface area contributed by atoms with Crippen LogP contribution in [0.5, 0.6) is 0 Å². The number of fused-ring (bicyclic) bond motifs is 1. The molecule has 2 aromatic carbocycles. The topological polar surface area (TPSA) is 70.6 Å². The molecular weight excluding hydrogens is 433 g/mol. The van der Waals surface area contributed by atoms with Gasteiger partial charge in [-0.05, 0) is 51.1 Å². The third-order valence-corrected chi connectivity index (χ3v) is 5.41. The Bertz CT molecular complexity index is 1140. The number of hydrogen-bond donors (Lipinski definition) is 1. The number of ether oxygens (including phenoxy) is 1. The van der Waals surface area contributed by atoms with E-state index >= 15 is 0 Å². The van der Waals surface area contributed by atoms with Crippen molar-refractivity contribution in [3.05, 3.63) is 53.6 Å². The number of halogens is 2. The van der Waals surface area contributed by atoms with E-state index in [0.717, 1.165) is 16.6 Å². The number of carbonyl (C=O) groups excluding carboxylic acids is 1. The molecule has 2 heterocycles. The van der Waals surface area contributed by atoms with Crippen molar-refractivity contribution in [2.45, 2.75) is 26.4 Å². The van der Waals surface area contributed by atoms with Crippen LogP contribution in [0, 0.1) is 5.82 Å². The largest absolute Gasteiger partial charge is 0.444 e. The third-order valence-electron chi connectivity index (χ3n) is 5.12. The van der Waals surface area contributed by atoms with Gasteiger partial charge in [0.2, 0.25) is 0 Å². The van der Waals surface area contributed by atoms with Gasteiger partial charge in [-0.3, -0.25) is 0 Å². The molecule has 7 nitrogen and oxygen atoms in total. The van der Waals surface area contributed by atoms with Crippen molar-refractivity contribution in [2.24, 2.45) is 0 Å². The van der Waals surface area contributed by atoms with Crippen molar-refractivity contribution in [2.75, 3.05) is 36.4 Å². The Morgan fingerprint density at radius 3 is 2.59 bits per heavy atom. The highest BCUT2D eigenvalue weighted by atomic mass is 35.5. The Labute approximate surface area is 191 Å². The molecule has 1 N–H and O–H groups in total. The van der Waals surface area contributed by atoms with Crippen LogP contribution in [0.25, 0.3) is 10.9 Å². The maximum Gasteiger partial charge on any atom is 0.410 e. The molecule has 32 heavy (non-hydrogen) atoms. The van der Waals surface area contributed by atoms with E-state index in [2.05, 4.69) is 20.2 Å². The molecule has 1 aromatic heterocycles. The van der Waals surface area contributed by atoms with Crippen LogP contribution >= 0.6 is 11.6 Å². The SMILES string of the molecule is CC(C)(C)OC(=O)N1CCN(c2ccc3ncnc(Nc4cccc(Cl)c4F)c3c2)CC1. The summed E-state index contributed by atoms with van der Waals surface area (Å²) in [7, 11) is 0. The molecule has 4 rings (SSSR count). The summed E-state index contributed by atoms with van der Waals surface area (Å²) < 4.78 is 19.8. The van der Waals surface area contributed by atoms with Crippen LogP contribution in [0.2, 0.25) is 5.02 Å². The quantitative estimate of drug-likeness (QED) is 0.581. The molecule has 1 fully saturated rings. The summed E-state index contributed by atoms with van der Waals surface area (Å²) in [6.45, 7) is 8.06. The fraction of sp³-hybridized carbons (Fsp3) is 0.348. The van der Waals surface area contributed by atoms with Crippen LogP contribution in [-0.4, -0.2) is 52.7 Å². The lowest BCUT2D eigenvalue weighted by molar-refractivity contribution is 0.0240. The highest BCUT2D eigenvalue weighted by Gasteiger charge is 2.26. The summed E-state index contributed by atoms with van der Waals surface area (Å²) >= 11 is 5.90. The second-order valence-corrected chi connectivity index (χ2v) is 9.01. The second-order valence-electron chi connectivity index (χ2n) is 8.60. The maximum absolute atomic E-state index is 14.4. The first-order chi connectivity index (χ1) is 15.2. The van der Waals surface area contributed by atoms with E-state index in [0.29, 0.717) is 32.0 Å². The Hall–Kier alpha value is -3.13. The predicted molar refractivity (Wildman–Crippen MR) is 124 cm³/mol. The van der Waals surface area contributed by atoms with Gasteiger partial charge in [0, 0.05) is 37.3 Å². The number of rotatable bonds is 3. The average Bonchev–Trinajstić information content (AvgIpc) is 2.76. The molecule has 0 spiro atoms. The van der Waals surface area contributed by atoms with Crippen LogP contribution in [0.15, 0.2) is 42.7 Å². The molecule has 168 valence electrons. The van der Waals surface area contributed by atoms with Crippen molar-refractivity contribution >= 4 is 45.8 Å². The lowest BCUT2D eigenvalue weighted by Crippen LogP contribution is -2.50. The van der Waals surface area contributed by atoms with Gasteiger partial charge in [-0.1, -0.05) is 17.7 Å². The Morgan fingerprint density at radius 1 is 1.12 bits per heavy atom. The fourth-order valence-electron chi connectivity index (χ4n) is 3.54. The fourth-order valence-corrected chi connectivity index (χ4v) is 3.72. The molecule has 1 saturated heterocycles. The minimum atomic E-state index is -0.532. The molecule has 0 saturated carbocycles. The number of carbonyl (C=O) groups is 1. The lowest BCUT2D eigenvalue weighted by Gasteiger charge is -2.36. The number of piperazine rings is 1. The highest BCUT2D eigenvalue weighted by Crippen LogP contribution is 2.30. The molecule has 1 aliphatic rings. The first kappa shape index (κ1) is 22.1. The molecule has 0 atom stereocenters. The second kappa shape index (κ2) is 8.78. The van der Waals surface area contributed by atoms with Gasteiger partial charge in [0.1, 0.15) is 17.7 Å². The van der Waals surface area contributed by atoms with Crippen molar-refractivity contribution in [3.8, 4) is 0 Å². The number of nitrogens with one attached hydrogen (secondary N) is 1. The normalized spacial score (nSPS) is 14.5. The van der Waals surface area contributed by atoms with Gasteiger partial charge in [0.25, 0.3) is 0 Å². The summed E-state index contributed by atoms with van der Waals surface area (Å²) in [5, 5.41) is 3.83. The lowest BCUT2D eigenvalue weighted by atomic mass is 10.1. The van der Waals surface area contributed by atoms with Gasteiger partial charge in [-0.15, -0.1) is 0 Å². The maximum atomic E-state index is 14.4. The van der Waals surface area contributed by atoms with E-state index in [9.17, 15) is 9.18 Å². The van der Waals surface area contributed by atoms with Gasteiger partial charge in [0.15, 0.2) is 5.82 Å². The zero-order valence-electron chi connectivity index (χ0n) is 18.2. The minimum Gasteiger partial charge on any atom is -0.444 e. The number of aromatic nitrogens is 2. The third kappa shape index (κ3) is 4.85. The minimum absolute atomic E-state index is 0.0388. The van der Waals surface area contributed by atoms with Crippen LogP contribution in [0.3, 0.4) is 0 Å². The van der Waals surface area contributed by atoms with Crippen LogP contribution in [0.4, 0.5) is 26.4 Å². The van der Waals surface area contributed by atoms with Gasteiger partial charge in [-0.25, -0.2) is 19.2 Å². The summed E-state index contributed by atoms with van der Waals surface area (Å²) in [5.74, 6) is -0.0410. The average molecular weight is 458 g/mol. The van der Waals surface area contributed by atoms with Crippen molar-refractivity contribution in [1.29, 1.82) is 0 Å². The van der Waals surface area contributed by atoms with E-state index in [1.807, 2.05) is 39.0 Å². The van der Waals surface area contributed by atoms with E-state index in [4.69, 9.17) is 16.3 Å². The summed E-state index contributed by atoms with van der Waals surface area (Å²) in [4.78, 5) is 24.9. The number of amides is 1. The van der Waals surface area contributed by atoms with Crippen LogP contribution in [0.1, 0.15) is 20.8 Å². The first-order valence-electron chi connectivity index (χ1n) is 10.4. The van der Waals surface area contributed by atoms with Gasteiger partial charge >= 0.3 is 6.09 Å². The zero-order valence-corrected chi connectivity index (χ0v) is 19.0. The Balaban J connectivity index is 1.53. The van der Waals surface area contributed by atoms with Crippen LogP contribution < -0.4 is 10.2 Å². The molecule has 1 amide bonds. The van der Waals surface area contributed by atoms with Crippen LogP contribution in [-0.2, 0) is 4.74 Å². The molecule has 0 bridgehead atoms. The van der Waals surface area contributed by atoms with Crippen molar-refractivity contribution < 1.29 is 13.9 Å². The van der Waals surface area contributed by atoms with Crippen molar-refractivity contribution in [1.82, 2.24) is 14.9 Å². The monoisotopic (exact) mass is 457 g/mol. The smallest absolute Gasteiger partial charge is 0.410 e. The Morgan fingerprint density at radius 2 is 1.88 bits per heavy atom. The molecule has 3 aromatic rings. The summed E-state index contributed by atoms with van der Waals surface area (Å²) in [6.07, 6.45) is 1.14. The highest BCUT2D eigenvalue weighted by molar-refractivity contribution is 6.31. The molecule has 0 aliphatic carbocycles.